The fourth-order valence-corrected chi connectivity index (χ4v) is 5.90. The standard InChI is InChI=1S/C21H21ClN6OS2/c1-12-13(2)31-19-17(12)18(29)23-16(24-19)11-30-21-26-25-20(27-9-5-6-10-27)28(21)15-8-4-3-7-14(15)22/h3-4,7-8H,5-6,9-11H2,1-2H3,(H,23,24,29). The molecule has 1 N–H and O–H groups in total. The van der Waals surface area contributed by atoms with Gasteiger partial charge >= 0.3 is 0 Å². The van der Waals surface area contributed by atoms with Gasteiger partial charge in [-0.15, -0.1) is 21.5 Å². The van der Waals surface area contributed by atoms with Crippen LogP contribution in [-0.4, -0.2) is 37.8 Å². The molecule has 1 aliphatic heterocycles. The zero-order chi connectivity index (χ0) is 21.5. The van der Waals surface area contributed by atoms with E-state index in [1.54, 1.807) is 11.3 Å². The number of thiophene rings is 1. The first-order valence-electron chi connectivity index (χ1n) is 10.1. The number of nitrogens with one attached hydrogen (secondary N) is 1. The van der Waals surface area contributed by atoms with Gasteiger partial charge in [0.25, 0.3) is 5.56 Å². The lowest BCUT2D eigenvalue weighted by atomic mass is 10.2. The van der Waals surface area contributed by atoms with E-state index in [4.69, 9.17) is 11.6 Å². The van der Waals surface area contributed by atoms with Crippen molar-refractivity contribution in [3.05, 3.63) is 55.9 Å². The second-order valence-electron chi connectivity index (χ2n) is 7.53. The number of aromatic nitrogens is 5. The number of nitrogens with zero attached hydrogens (tertiary/aromatic N) is 5. The molecule has 0 aliphatic carbocycles. The highest BCUT2D eigenvalue weighted by Gasteiger charge is 2.24. The number of halogens is 1. The molecule has 1 aliphatic rings. The minimum atomic E-state index is -0.0900. The number of hydrogen-bond donors (Lipinski definition) is 1. The molecule has 31 heavy (non-hydrogen) atoms. The first-order chi connectivity index (χ1) is 15.0. The number of benzene rings is 1. The number of para-hydroxylation sites is 1. The molecule has 1 aromatic carbocycles. The van der Waals surface area contributed by atoms with Gasteiger partial charge in [-0.2, -0.15) is 0 Å². The molecule has 4 aromatic rings. The average molecular weight is 473 g/mol. The minimum absolute atomic E-state index is 0.0900. The van der Waals surface area contributed by atoms with Gasteiger partial charge in [0.15, 0.2) is 5.16 Å². The predicted molar refractivity (Wildman–Crippen MR) is 127 cm³/mol. The van der Waals surface area contributed by atoms with Crippen molar-refractivity contribution in [1.29, 1.82) is 0 Å². The molecule has 0 saturated carbocycles. The first-order valence-corrected chi connectivity index (χ1v) is 12.3. The van der Waals surface area contributed by atoms with Gasteiger partial charge in [0.2, 0.25) is 5.95 Å². The summed E-state index contributed by atoms with van der Waals surface area (Å²) in [4.78, 5) is 24.4. The Balaban J connectivity index is 1.50. The van der Waals surface area contributed by atoms with Gasteiger partial charge < -0.3 is 9.88 Å². The van der Waals surface area contributed by atoms with Crippen molar-refractivity contribution in [2.45, 2.75) is 37.6 Å². The Labute approximate surface area is 192 Å². The number of anilines is 1. The van der Waals surface area contributed by atoms with Crippen LogP contribution < -0.4 is 10.5 Å². The van der Waals surface area contributed by atoms with Crippen LogP contribution in [0.25, 0.3) is 15.9 Å². The summed E-state index contributed by atoms with van der Waals surface area (Å²) in [6.07, 6.45) is 2.28. The molecule has 3 aromatic heterocycles. The van der Waals surface area contributed by atoms with Crippen LogP contribution in [0.2, 0.25) is 5.02 Å². The molecule has 10 heteroatoms. The van der Waals surface area contributed by atoms with Crippen molar-refractivity contribution < 1.29 is 0 Å². The molecule has 1 saturated heterocycles. The molecular weight excluding hydrogens is 452 g/mol. The molecule has 160 valence electrons. The van der Waals surface area contributed by atoms with E-state index in [0.717, 1.165) is 58.0 Å². The number of thioether (sulfide) groups is 1. The Morgan fingerprint density at radius 2 is 1.97 bits per heavy atom. The van der Waals surface area contributed by atoms with Crippen molar-refractivity contribution >= 4 is 50.9 Å². The van der Waals surface area contributed by atoms with Crippen molar-refractivity contribution in [2.24, 2.45) is 0 Å². The van der Waals surface area contributed by atoms with Crippen molar-refractivity contribution in [3.63, 3.8) is 0 Å². The molecule has 0 radical (unpaired) electrons. The topological polar surface area (TPSA) is 79.7 Å². The largest absolute Gasteiger partial charge is 0.341 e. The summed E-state index contributed by atoms with van der Waals surface area (Å²) in [5.74, 6) is 1.90. The van der Waals surface area contributed by atoms with E-state index in [9.17, 15) is 4.79 Å². The van der Waals surface area contributed by atoms with Crippen molar-refractivity contribution in [1.82, 2.24) is 24.7 Å². The van der Waals surface area contributed by atoms with Crippen LogP contribution in [0.15, 0.2) is 34.2 Å². The zero-order valence-corrected chi connectivity index (χ0v) is 19.6. The van der Waals surface area contributed by atoms with Gasteiger partial charge in [-0.25, -0.2) is 4.98 Å². The summed E-state index contributed by atoms with van der Waals surface area (Å²) in [6, 6.07) is 7.71. The van der Waals surface area contributed by atoms with Gasteiger partial charge in [-0.05, 0) is 44.4 Å². The zero-order valence-electron chi connectivity index (χ0n) is 17.2. The van der Waals surface area contributed by atoms with E-state index in [-0.39, 0.29) is 5.56 Å². The molecule has 0 spiro atoms. The highest BCUT2D eigenvalue weighted by atomic mass is 35.5. The van der Waals surface area contributed by atoms with Crippen molar-refractivity contribution in [2.75, 3.05) is 18.0 Å². The van der Waals surface area contributed by atoms with E-state index in [0.29, 0.717) is 22.0 Å². The molecule has 5 rings (SSSR count). The van der Waals surface area contributed by atoms with Gasteiger partial charge in [-0.3, -0.25) is 9.36 Å². The Kier molecular flexibility index (Phi) is 5.49. The first kappa shape index (κ1) is 20.5. The predicted octanol–water partition coefficient (Wildman–Crippen LogP) is 4.73. The Morgan fingerprint density at radius 1 is 1.19 bits per heavy atom. The third kappa shape index (κ3) is 3.75. The summed E-state index contributed by atoms with van der Waals surface area (Å²) in [6.45, 7) is 5.89. The number of hydrogen-bond acceptors (Lipinski definition) is 7. The summed E-state index contributed by atoms with van der Waals surface area (Å²) in [5.41, 5.74) is 1.76. The number of rotatable bonds is 5. The summed E-state index contributed by atoms with van der Waals surface area (Å²) in [7, 11) is 0. The number of fused-ring (bicyclic) bond motifs is 1. The Morgan fingerprint density at radius 3 is 2.74 bits per heavy atom. The monoisotopic (exact) mass is 472 g/mol. The molecular formula is C21H21ClN6OS2. The molecule has 0 amide bonds. The smallest absolute Gasteiger partial charge is 0.259 e. The minimum Gasteiger partial charge on any atom is -0.341 e. The number of H-pyrrole nitrogens is 1. The maximum atomic E-state index is 12.6. The third-order valence-corrected chi connectivity index (χ3v) is 7.89. The number of aryl methyl sites for hydroxylation is 2. The molecule has 0 atom stereocenters. The van der Waals surface area contributed by atoms with E-state index in [2.05, 4.69) is 25.1 Å². The fraction of sp³-hybridized carbons (Fsp3) is 0.333. The highest BCUT2D eigenvalue weighted by Crippen LogP contribution is 2.33. The number of aromatic amines is 1. The second kappa shape index (κ2) is 8.29. The maximum Gasteiger partial charge on any atom is 0.259 e. The lowest BCUT2D eigenvalue weighted by molar-refractivity contribution is 0.840. The van der Waals surface area contributed by atoms with Gasteiger partial charge in [-0.1, -0.05) is 35.5 Å². The highest BCUT2D eigenvalue weighted by molar-refractivity contribution is 7.98. The van der Waals surface area contributed by atoms with Crippen LogP contribution in [-0.2, 0) is 5.75 Å². The van der Waals surface area contributed by atoms with Gasteiger partial charge in [0.05, 0.1) is 21.8 Å². The van der Waals surface area contributed by atoms with E-state index in [1.807, 2.05) is 42.7 Å². The third-order valence-electron chi connectivity index (χ3n) is 5.52. The molecule has 7 nitrogen and oxygen atoms in total. The van der Waals surface area contributed by atoms with E-state index >= 15 is 0 Å². The van der Waals surface area contributed by atoms with Crippen molar-refractivity contribution in [3.8, 4) is 5.69 Å². The summed E-state index contributed by atoms with van der Waals surface area (Å²) in [5, 5.41) is 11.0. The quantitative estimate of drug-likeness (QED) is 0.423. The maximum absolute atomic E-state index is 12.6. The fourth-order valence-electron chi connectivity index (χ4n) is 3.82. The Hall–Kier alpha value is -2.36. The van der Waals surface area contributed by atoms with Crippen LogP contribution in [0.1, 0.15) is 29.1 Å². The van der Waals surface area contributed by atoms with Crippen LogP contribution in [0, 0.1) is 13.8 Å². The normalized spacial score (nSPS) is 14.1. The van der Waals surface area contributed by atoms with Crippen LogP contribution in [0.5, 0.6) is 0 Å². The second-order valence-corrected chi connectivity index (χ2v) is 10.1. The molecule has 1 fully saturated rings. The molecule has 0 bridgehead atoms. The Bertz CT molecular complexity index is 1320. The van der Waals surface area contributed by atoms with Crippen LogP contribution >= 0.6 is 34.7 Å². The SMILES string of the molecule is Cc1sc2nc(CSc3nnc(N4CCCC4)n3-c3ccccc3Cl)[nH]c(=O)c2c1C. The van der Waals surface area contributed by atoms with Gasteiger partial charge in [0, 0.05) is 18.0 Å². The molecule has 0 unspecified atom stereocenters. The van der Waals surface area contributed by atoms with E-state index in [1.165, 1.54) is 11.8 Å². The van der Waals surface area contributed by atoms with E-state index < -0.39 is 0 Å². The molecule has 4 heterocycles. The lowest BCUT2D eigenvalue weighted by Crippen LogP contribution is -2.22. The average Bonchev–Trinajstić information content (AvgIpc) is 3.47. The lowest BCUT2D eigenvalue weighted by Gasteiger charge is -2.19. The summed E-state index contributed by atoms with van der Waals surface area (Å²) >= 11 is 9.57. The van der Waals surface area contributed by atoms with Crippen LogP contribution in [0.4, 0.5) is 5.95 Å². The summed E-state index contributed by atoms with van der Waals surface area (Å²) < 4.78 is 2.01. The van der Waals surface area contributed by atoms with Crippen LogP contribution in [0.3, 0.4) is 0 Å². The van der Waals surface area contributed by atoms with Gasteiger partial charge in [0.1, 0.15) is 10.7 Å².